The summed E-state index contributed by atoms with van der Waals surface area (Å²) in [4.78, 5) is 11.8. The standard InChI is InChI=1S/C13H16F2N2O4S/c1-9-3-5-10(6-4-9)22(19,20)21-17(2)11(18)12(16)7-13(14,15)8-12/h3-6H,7-8,16H2,1-2H3. The second-order valence-corrected chi connectivity index (χ2v) is 7.04. The van der Waals surface area contributed by atoms with E-state index in [-0.39, 0.29) is 4.90 Å². The van der Waals surface area contributed by atoms with Crippen LogP contribution < -0.4 is 5.73 Å². The first-order chi connectivity index (χ1) is 9.95. The van der Waals surface area contributed by atoms with E-state index in [1.807, 2.05) is 0 Å². The Labute approximate surface area is 126 Å². The van der Waals surface area contributed by atoms with Crippen molar-refractivity contribution < 1.29 is 26.3 Å². The maximum absolute atomic E-state index is 12.9. The summed E-state index contributed by atoms with van der Waals surface area (Å²) >= 11 is 0. The lowest BCUT2D eigenvalue weighted by Crippen LogP contribution is -2.66. The van der Waals surface area contributed by atoms with Gasteiger partial charge in [0.2, 0.25) is 0 Å². The SMILES string of the molecule is Cc1ccc(S(=O)(=O)ON(C)C(=O)C2(N)CC(F)(F)C2)cc1. The number of halogens is 2. The number of carbonyl (C=O) groups is 1. The van der Waals surface area contributed by atoms with Crippen LogP contribution in [0.2, 0.25) is 0 Å². The van der Waals surface area contributed by atoms with E-state index in [1.165, 1.54) is 12.1 Å². The normalized spacial score (nSPS) is 19.3. The molecular weight excluding hydrogens is 318 g/mol. The van der Waals surface area contributed by atoms with Gasteiger partial charge in [-0.2, -0.15) is 8.42 Å². The van der Waals surface area contributed by atoms with Crippen molar-refractivity contribution in [2.75, 3.05) is 7.05 Å². The Bertz CT molecular complexity index is 680. The highest BCUT2D eigenvalue weighted by Gasteiger charge is 2.60. The van der Waals surface area contributed by atoms with Gasteiger partial charge < -0.3 is 5.73 Å². The minimum absolute atomic E-state index is 0.150. The predicted octanol–water partition coefficient (Wildman–Crippen LogP) is 1.20. The van der Waals surface area contributed by atoms with E-state index in [1.54, 1.807) is 19.1 Å². The molecule has 0 heterocycles. The molecule has 1 aliphatic rings. The van der Waals surface area contributed by atoms with Crippen LogP contribution in [0.3, 0.4) is 0 Å². The first-order valence-electron chi connectivity index (χ1n) is 6.41. The fourth-order valence-corrected chi connectivity index (χ4v) is 3.18. The monoisotopic (exact) mass is 334 g/mol. The molecule has 22 heavy (non-hydrogen) atoms. The van der Waals surface area contributed by atoms with Gasteiger partial charge >= 0.3 is 10.1 Å². The van der Waals surface area contributed by atoms with E-state index in [2.05, 4.69) is 4.28 Å². The molecule has 0 radical (unpaired) electrons. The van der Waals surface area contributed by atoms with Crippen LogP contribution >= 0.6 is 0 Å². The second kappa shape index (κ2) is 5.25. The number of alkyl halides is 2. The van der Waals surface area contributed by atoms with E-state index < -0.39 is 40.3 Å². The topological polar surface area (TPSA) is 89.7 Å². The van der Waals surface area contributed by atoms with Crippen LogP contribution in [0.5, 0.6) is 0 Å². The quantitative estimate of drug-likeness (QED) is 0.836. The van der Waals surface area contributed by atoms with Crippen LogP contribution in [-0.4, -0.2) is 37.9 Å². The molecule has 0 saturated heterocycles. The lowest BCUT2D eigenvalue weighted by atomic mass is 9.73. The van der Waals surface area contributed by atoms with Crippen molar-refractivity contribution in [2.45, 2.75) is 36.1 Å². The van der Waals surface area contributed by atoms with E-state index in [9.17, 15) is 22.0 Å². The Hall–Kier alpha value is -1.58. The molecule has 6 nitrogen and oxygen atoms in total. The number of nitrogens with zero attached hydrogens (tertiary/aromatic N) is 1. The van der Waals surface area contributed by atoms with Crippen molar-refractivity contribution >= 4 is 16.0 Å². The highest BCUT2D eigenvalue weighted by molar-refractivity contribution is 7.86. The summed E-state index contributed by atoms with van der Waals surface area (Å²) in [6.45, 7) is 1.78. The number of hydrogen-bond donors (Lipinski definition) is 1. The summed E-state index contributed by atoms with van der Waals surface area (Å²) in [6.07, 6.45) is -1.67. The number of rotatable bonds is 4. The highest BCUT2D eigenvalue weighted by Crippen LogP contribution is 2.44. The molecule has 1 fully saturated rings. The molecule has 122 valence electrons. The van der Waals surface area contributed by atoms with Gasteiger partial charge in [0.15, 0.2) is 0 Å². The Morgan fingerprint density at radius 1 is 1.27 bits per heavy atom. The molecule has 1 aromatic rings. The van der Waals surface area contributed by atoms with Crippen LogP contribution in [0.1, 0.15) is 18.4 Å². The van der Waals surface area contributed by atoms with Crippen molar-refractivity contribution in [3.8, 4) is 0 Å². The van der Waals surface area contributed by atoms with Gasteiger partial charge in [0.05, 0.1) is 4.90 Å². The van der Waals surface area contributed by atoms with Gasteiger partial charge in [-0.05, 0) is 19.1 Å². The number of benzene rings is 1. The third-order valence-corrected chi connectivity index (χ3v) is 4.65. The first-order valence-corrected chi connectivity index (χ1v) is 7.82. The molecule has 1 amide bonds. The molecule has 0 aromatic heterocycles. The average molecular weight is 334 g/mol. The molecule has 1 aliphatic carbocycles. The summed E-state index contributed by atoms with van der Waals surface area (Å²) in [7, 11) is -3.21. The summed E-state index contributed by atoms with van der Waals surface area (Å²) in [6, 6.07) is 5.77. The van der Waals surface area contributed by atoms with Gasteiger partial charge in [-0.3, -0.25) is 4.79 Å². The Kier molecular flexibility index (Phi) is 4.01. The molecular formula is C13H16F2N2O4S. The molecule has 1 aromatic carbocycles. The zero-order valence-corrected chi connectivity index (χ0v) is 12.9. The van der Waals surface area contributed by atoms with Gasteiger partial charge in [0.25, 0.3) is 11.8 Å². The van der Waals surface area contributed by atoms with E-state index >= 15 is 0 Å². The van der Waals surface area contributed by atoms with Gasteiger partial charge in [-0.1, -0.05) is 17.7 Å². The molecule has 0 spiro atoms. The summed E-state index contributed by atoms with van der Waals surface area (Å²) in [5, 5.41) is 0.393. The van der Waals surface area contributed by atoms with E-state index in [4.69, 9.17) is 5.73 Å². The average Bonchev–Trinajstić information content (AvgIpc) is 2.35. The van der Waals surface area contributed by atoms with E-state index in [0.29, 0.717) is 5.06 Å². The van der Waals surface area contributed by atoms with Gasteiger partial charge in [0.1, 0.15) is 5.54 Å². The summed E-state index contributed by atoms with van der Waals surface area (Å²) < 4.78 is 54.5. The maximum atomic E-state index is 12.9. The molecule has 2 rings (SSSR count). The Balaban J connectivity index is 2.10. The number of likely N-dealkylation sites (N-methyl/N-ethyl adjacent to an activating group) is 1. The zero-order chi connectivity index (χ0) is 16.8. The number of nitrogens with two attached hydrogens (primary N) is 1. The molecule has 0 atom stereocenters. The van der Waals surface area contributed by atoms with E-state index in [0.717, 1.165) is 12.6 Å². The van der Waals surface area contributed by atoms with Crippen LogP contribution in [0, 0.1) is 6.92 Å². The molecule has 0 aliphatic heterocycles. The number of aryl methyl sites for hydroxylation is 1. The lowest BCUT2D eigenvalue weighted by Gasteiger charge is -2.43. The van der Waals surface area contributed by atoms with Crippen LogP contribution in [0.4, 0.5) is 8.78 Å². The minimum atomic E-state index is -4.23. The molecule has 0 bridgehead atoms. The lowest BCUT2D eigenvalue weighted by molar-refractivity contribution is -0.182. The predicted molar refractivity (Wildman–Crippen MR) is 73.3 cm³/mol. The van der Waals surface area contributed by atoms with Crippen molar-refractivity contribution in [3.63, 3.8) is 0 Å². The Morgan fingerprint density at radius 3 is 2.23 bits per heavy atom. The molecule has 0 unspecified atom stereocenters. The molecule has 1 saturated carbocycles. The summed E-state index contributed by atoms with van der Waals surface area (Å²) in [5.74, 6) is -4.02. The Morgan fingerprint density at radius 2 is 1.77 bits per heavy atom. The van der Waals surface area contributed by atoms with Crippen LogP contribution in [-0.2, 0) is 19.2 Å². The van der Waals surface area contributed by atoms with Gasteiger partial charge in [-0.15, -0.1) is 4.28 Å². The molecule has 2 N–H and O–H groups in total. The van der Waals surface area contributed by atoms with Crippen molar-refractivity contribution in [3.05, 3.63) is 29.8 Å². The van der Waals surface area contributed by atoms with Crippen LogP contribution in [0.15, 0.2) is 29.2 Å². The number of hydrogen-bond acceptors (Lipinski definition) is 5. The smallest absolute Gasteiger partial charge is 0.317 e. The zero-order valence-electron chi connectivity index (χ0n) is 12.0. The van der Waals surface area contributed by atoms with Gasteiger partial charge in [-0.25, -0.2) is 13.8 Å². The second-order valence-electron chi connectivity index (χ2n) is 5.51. The molecule has 9 heteroatoms. The maximum Gasteiger partial charge on any atom is 0.317 e. The highest BCUT2D eigenvalue weighted by atomic mass is 32.2. The fraction of sp³-hybridized carbons (Fsp3) is 0.462. The van der Waals surface area contributed by atoms with Crippen molar-refractivity contribution in [2.24, 2.45) is 5.73 Å². The third kappa shape index (κ3) is 3.26. The van der Waals surface area contributed by atoms with Crippen molar-refractivity contribution in [1.82, 2.24) is 5.06 Å². The number of carbonyl (C=O) groups excluding carboxylic acids is 1. The summed E-state index contributed by atoms with van der Waals surface area (Å²) in [5.41, 5.74) is 4.60. The van der Waals surface area contributed by atoms with Crippen LogP contribution in [0.25, 0.3) is 0 Å². The number of amides is 1. The largest absolute Gasteiger partial charge is 0.317 e. The minimum Gasteiger partial charge on any atom is -0.317 e. The fourth-order valence-electron chi connectivity index (χ4n) is 2.27. The van der Waals surface area contributed by atoms with Gasteiger partial charge in [0, 0.05) is 19.9 Å². The van der Waals surface area contributed by atoms with Crippen molar-refractivity contribution in [1.29, 1.82) is 0 Å². The number of hydroxylamine groups is 2. The first kappa shape index (κ1) is 16.8. The third-order valence-electron chi connectivity index (χ3n) is 3.38.